The Morgan fingerprint density at radius 1 is 1.42 bits per heavy atom. The van der Waals surface area contributed by atoms with Crippen LogP contribution < -0.4 is 10.9 Å². The molecule has 0 aromatic carbocycles. The number of hydrogen-bond acceptors (Lipinski definition) is 5. The van der Waals surface area contributed by atoms with Gasteiger partial charge in [0.05, 0.1) is 10.6 Å². The van der Waals surface area contributed by atoms with Gasteiger partial charge in [-0.05, 0) is 57.4 Å². The number of carbonyl (C=O) groups is 1. The molecule has 2 aromatic heterocycles. The summed E-state index contributed by atoms with van der Waals surface area (Å²) < 4.78 is 1.74. The second kappa shape index (κ2) is 7.00. The Hall–Kier alpha value is -1.34. The van der Waals surface area contributed by atoms with Gasteiger partial charge in [-0.3, -0.25) is 14.2 Å². The fourth-order valence-corrected chi connectivity index (χ4v) is 5.94. The lowest BCUT2D eigenvalue weighted by atomic mass is 9.89. The summed E-state index contributed by atoms with van der Waals surface area (Å²) in [6.07, 6.45) is 5.31. The van der Waals surface area contributed by atoms with Crippen molar-refractivity contribution in [2.24, 2.45) is 5.92 Å². The molecule has 7 heteroatoms. The van der Waals surface area contributed by atoms with Gasteiger partial charge >= 0.3 is 0 Å². The van der Waals surface area contributed by atoms with Crippen LogP contribution in [0, 0.1) is 5.92 Å². The lowest BCUT2D eigenvalue weighted by Crippen LogP contribution is -2.33. The first kappa shape index (κ1) is 18.0. The lowest BCUT2D eigenvalue weighted by molar-refractivity contribution is -0.120. The van der Waals surface area contributed by atoms with Crippen molar-refractivity contribution in [1.29, 1.82) is 0 Å². The van der Waals surface area contributed by atoms with Gasteiger partial charge in [0.2, 0.25) is 5.91 Å². The molecule has 26 heavy (non-hydrogen) atoms. The third kappa shape index (κ3) is 3.31. The first-order valence-electron chi connectivity index (χ1n) is 9.50. The van der Waals surface area contributed by atoms with Crippen LogP contribution in [0.2, 0.25) is 0 Å². The molecule has 2 heterocycles. The van der Waals surface area contributed by atoms with Crippen LogP contribution in [0.4, 0.5) is 0 Å². The van der Waals surface area contributed by atoms with Crippen LogP contribution in [0.3, 0.4) is 0 Å². The highest BCUT2D eigenvalue weighted by Crippen LogP contribution is 2.37. The van der Waals surface area contributed by atoms with Crippen molar-refractivity contribution < 1.29 is 4.79 Å². The highest BCUT2D eigenvalue weighted by molar-refractivity contribution is 8.00. The number of thioether (sulfide) groups is 1. The van der Waals surface area contributed by atoms with Crippen LogP contribution >= 0.6 is 23.1 Å². The molecule has 1 fully saturated rings. The van der Waals surface area contributed by atoms with Gasteiger partial charge in [-0.2, -0.15) is 0 Å². The number of fused-ring (bicyclic) bond motifs is 3. The van der Waals surface area contributed by atoms with Crippen molar-refractivity contribution >= 4 is 39.2 Å². The average Bonchev–Trinajstić information content (AvgIpc) is 3.33. The first-order chi connectivity index (χ1) is 12.5. The van der Waals surface area contributed by atoms with Crippen LogP contribution in [0.1, 0.15) is 50.5 Å². The molecule has 0 saturated heterocycles. The summed E-state index contributed by atoms with van der Waals surface area (Å²) in [7, 11) is 0. The van der Waals surface area contributed by atoms with E-state index in [0.717, 1.165) is 42.3 Å². The molecule has 2 atom stereocenters. The van der Waals surface area contributed by atoms with E-state index in [-0.39, 0.29) is 16.7 Å². The molecule has 1 N–H and O–H groups in total. The summed E-state index contributed by atoms with van der Waals surface area (Å²) in [5, 5.41) is 4.26. The Balaban J connectivity index is 1.70. The van der Waals surface area contributed by atoms with E-state index in [1.165, 1.54) is 22.2 Å². The number of nitrogens with one attached hydrogen (secondary N) is 1. The minimum atomic E-state index is -0.257. The Labute approximate surface area is 161 Å². The summed E-state index contributed by atoms with van der Waals surface area (Å²) in [5.41, 5.74) is 1.28. The smallest absolute Gasteiger partial charge is 0.263 e. The van der Waals surface area contributed by atoms with E-state index in [1.807, 2.05) is 13.8 Å². The van der Waals surface area contributed by atoms with Crippen molar-refractivity contribution in [3.8, 4) is 0 Å². The van der Waals surface area contributed by atoms with Crippen LogP contribution in [0.25, 0.3) is 10.2 Å². The summed E-state index contributed by atoms with van der Waals surface area (Å²) in [6.45, 7) is 6.70. The summed E-state index contributed by atoms with van der Waals surface area (Å²) in [4.78, 5) is 32.4. The number of thiophene rings is 1. The fourth-order valence-electron chi connectivity index (χ4n) is 3.53. The molecule has 2 aliphatic carbocycles. The van der Waals surface area contributed by atoms with Gasteiger partial charge in [0.1, 0.15) is 4.83 Å². The standard InChI is InChI=1S/C19H25N3O2S2/c1-4-22-18(24)15-13-8-5-10(2)9-14(13)26-17(15)21-19(22)25-11(3)16(23)20-12-6-7-12/h10-12H,4-9H2,1-3H3,(H,20,23)/t10-,11-/m0/s1. The minimum Gasteiger partial charge on any atom is -0.352 e. The van der Waals surface area contributed by atoms with Gasteiger partial charge in [0.25, 0.3) is 5.56 Å². The molecule has 0 unspecified atom stereocenters. The Bertz CT molecular complexity index is 914. The molecule has 5 nitrogen and oxygen atoms in total. The molecule has 1 amide bonds. The monoisotopic (exact) mass is 391 g/mol. The largest absolute Gasteiger partial charge is 0.352 e. The molecule has 140 valence electrons. The van der Waals surface area contributed by atoms with Crippen LogP contribution in [0.15, 0.2) is 9.95 Å². The Morgan fingerprint density at radius 3 is 2.88 bits per heavy atom. The van der Waals surface area contributed by atoms with E-state index in [4.69, 9.17) is 4.98 Å². The zero-order chi connectivity index (χ0) is 18.4. The predicted octanol–water partition coefficient (Wildman–Crippen LogP) is 3.36. The summed E-state index contributed by atoms with van der Waals surface area (Å²) in [5.74, 6) is 0.706. The third-order valence-electron chi connectivity index (χ3n) is 5.27. The molecule has 0 spiro atoms. The van der Waals surface area contributed by atoms with Gasteiger partial charge in [-0.1, -0.05) is 18.7 Å². The number of nitrogens with zero attached hydrogens (tertiary/aromatic N) is 2. The first-order valence-corrected chi connectivity index (χ1v) is 11.2. The molecule has 0 aliphatic heterocycles. The normalized spacial score (nSPS) is 20.8. The van der Waals surface area contributed by atoms with Crippen molar-refractivity contribution in [2.45, 2.75) is 75.9 Å². The van der Waals surface area contributed by atoms with E-state index >= 15 is 0 Å². The molecule has 1 saturated carbocycles. The molecular formula is C19H25N3O2S2. The van der Waals surface area contributed by atoms with Gasteiger partial charge in [-0.25, -0.2) is 4.98 Å². The Kier molecular flexibility index (Phi) is 4.86. The quantitative estimate of drug-likeness (QED) is 0.627. The zero-order valence-electron chi connectivity index (χ0n) is 15.5. The zero-order valence-corrected chi connectivity index (χ0v) is 17.1. The summed E-state index contributed by atoms with van der Waals surface area (Å²) >= 11 is 3.06. The maximum atomic E-state index is 13.1. The van der Waals surface area contributed by atoms with Crippen molar-refractivity contribution in [2.75, 3.05) is 0 Å². The van der Waals surface area contributed by atoms with Gasteiger partial charge in [0.15, 0.2) is 5.16 Å². The maximum absolute atomic E-state index is 13.1. The lowest BCUT2D eigenvalue weighted by Gasteiger charge is -2.18. The van der Waals surface area contributed by atoms with Gasteiger partial charge in [0, 0.05) is 17.5 Å². The highest BCUT2D eigenvalue weighted by atomic mass is 32.2. The van der Waals surface area contributed by atoms with Crippen molar-refractivity contribution in [1.82, 2.24) is 14.9 Å². The third-order valence-corrected chi connectivity index (χ3v) is 7.51. The van der Waals surface area contributed by atoms with Crippen molar-refractivity contribution in [3.63, 3.8) is 0 Å². The van der Waals surface area contributed by atoms with Crippen molar-refractivity contribution in [3.05, 3.63) is 20.8 Å². The molecule has 0 radical (unpaired) electrons. The minimum absolute atomic E-state index is 0.0359. The number of amides is 1. The van der Waals surface area contributed by atoms with E-state index in [0.29, 0.717) is 23.7 Å². The number of aromatic nitrogens is 2. The molecule has 0 bridgehead atoms. The van der Waals surface area contributed by atoms with Gasteiger partial charge < -0.3 is 5.32 Å². The average molecular weight is 392 g/mol. The van der Waals surface area contributed by atoms with E-state index in [1.54, 1.807) is 15.9 Å². The topological polar surface area (TPSA) is 64.0 Å². The predicted molar refractivity (Wildman–Crippen MR) is 107 cm³/mol. The number of aryl methyl sites for hydroxylation is 1. The SMILES string of the molecule is CCn1c(S[C@@H](C)C(=O)NC2CC2)nc2sc3c(c2c1=O)CC[C@H](C)C3. The number of hydrogen-bond donors (Lipinski definition) is 1. The van der Waals surface area contributed by atoms with E-state index in [2.05, 4.69) is 12.2 Å². The van der Waals surface area contributed by atoms with Crippen LogP contribution in [0.5, 0.6) is 0 Å². The Morgan fingerprint density at radius 2 is 2.19 bits per heavy atom. The number of carbonyl (C=O) groups excluding carboxylic acids is 1. The molecular weight excluding hydrogens is 366 g/mol. The summed E-state index contributed by atoms with van der Waals surface area (Å²) in [6, 6.07) is 0.348. The highest BCUT2D eigenvalue weighted by Gasteiger charge is 2.28. The molecule has 4 rings (SSSR count). The molecule has 2 aliphatic rings. The van der Waals surface area contributed by atoms with Crippen LogP contribution in [-0.4, -0.2) is 26.8 Å². The van der Waals surface area contributed by atoms with Crippen LogP contribution in [-0.2, 0) is 24.2 Å². The number of rotatable bonds is 5. The van der Waals surface area contributed by atoms with E-state index < -0.39 is 0 Å². The molecule has 2 aromatic rings. The maximum Gasteiger partial charge on any atom is 0.263 e. The second-order valence-corrected chi connectivity index (χ2v) is 9.91. The second-order valence-electron chi connectivity index (χ2n) is 7.52. The van der Waals surface area contributed by atoms with E-state index in [9.17, 15) is 9.59 Å². The van der Waals surface area contributed by atoms with Gasteiger partial charge in [-0.15, -0.1) is 11.3 Å². The fraction of sp³-hybridized carbons (Fsp3) is 0.632.